The number of nitrogens with zero attached hydrogens (tertiary/aromatic N) is 1. The largest absolute Gasteiger partial charge is 0.508 e. The van der Waals surface area contributed by atoms with E-state index in [2.05, 4.69) is 10.5 Å². The number of hydrogen-bond acceptors (Lipinski definition) is 6. The van der Waals surface area contributed by atoms with Crippen molar-refractivity contribution in [1.29, 1.82) is 0 Å². The third-order valence-corrected chi connectivity index (χ3v) is 5.25. The fourth-order valence-electron chi connectivity index (χ4n) is 3.59. The Morgan fingerprint density at radius 2 is 1.81 bits per heavy atom. The van der Waals surface area contributed by atoms with Crippen molar-refractivity contribution in [2.45, 2.75) is 33.2 Å². The van der Waals surface area contributed by atoms with Gasteiger partial charge in [0.25, 0.3) is 0 Å². The van der Waals surface area contributed by atoms with E-state index in [9.17, 15) is 15.0 Å². The molecule has 0 saturated heterocycles. The van der Waals surface area contributed by atoms with Crippen LogP contribution in [0.3, 0.4) is 0 Å². The highest BCUT2D eigenvalue weighted by Gasteiger charge is 2.26. The molecule has 6 heteroatoms. The molecule has 0 amide bonds. The number of aromatic hydroxyl groups is 2. The van der Waals surface area contributed by atoms with E-state index in [1.165, 1.54) is 0 Å². The zero-order valence-corrected chi connectivity index (χ0v) is 15.3. The van der Waals surface area contributed by atoms with Crippen molar-refractivity contribution < 1.29 is 14.6 Å². The highest BCUT2D eigenvalue weighted by Crippen LogP contribution is 2.37. The molecule has 6 nitrogen and oxygen atoms in total. The third kappa shape index (κ3) is 2.73. The number of phenolic OH excluding ortho intramolecular Hbond substituents is 2. The van der Waals surface area contributed by atoms with Gasteiger partial charge in [-0.1, -0.05) is 12.1 Å². The molecule has 4 rings (SSSR count). The number of fused-ring (bicyclic) bond motifs is 1. The molecule has 3 N–H and O–H groups in total. The van der Waals surface area contributed by atoms with E-state index in [0.717, 1.165) is 16.8 Å². The molecule has 1 aromatic heterocycles. The first-order valence-electron chi connectivity index (χ1n) is 8.74. The first kappa shape index (κ1) is 17.1. The summed E-state index contributed by atoms with van der Waals surface area (Å²) in [5, 5.41) is 25.4. The summed E-state index contributed by atoms with van der Waals surface area (Å²) in [7, 11) is 0. The van der Waals surface area contributed by atoms with Gasteiger partial charge in [0, 0.05) is 17.5 Å². The van der Waals surface area contributed by atoms with Gasteiger partial charge in [0.15, 0.2) is 0 Å². The average Bonchev–Trinajstić information content (AvgIpc) is 3.09. The van der Waals surface area contributed by atoms with Crippen LogP contribution in [-0.4, -0.2) is 15.9 Å². The predicted octanol–water partition coefficient (Wildman–Crippen LogP) is 3.57. The fourth-order valence-corrected chi connectivity index (χ4v) is 3.59. The van der Waals surface area contributed by atoms with Crippen LogP contribution in [0.4, 0.5) is 0 Å². The molecule has 0 bridgehead atoms. The summed E-state index contributed by atoms with van der Waals surface area (Å²) in [5.41, 5.74) is 7.48. The van der Waals surface area contributed by atoms with Gasteiger partial charge in [0.05, 0.1) is 17.1 Å². The molecule has 138 valence electrons. The van der Waals surface area contributed by atoms with E-state index in [0.29, 0.717) is 34.1 Å². The SMILES string of the molecule is Cc1cc2oc(=O)c(C)c(C)c2c(O)c1C1=NN[C@H](c2ccc(O)cc2)C1. The Morgan fingerprint density at radius 3 is 2.52 bits per heavy atom. The normalized spacial score (nSPS) is 16.4. The Morgan fingerprint density at radius 1 is 1.11 bits per heavy atom. The summed E-state index contributed by atoms with van der Waals surface area (Å²) in [6.07, 6.45) is 0.597. The Bertz CT molecular complexity index is 1140. The maximum absolute atomic E-state index is 11.9. The molecule has 2 aromatic carbocycles. The minimum atomic E-state index is -0.390. The van der Waals surface area contributed by atoms with Crippen molar-refractivity contribution in [3.63, 3.8) is 0 Å². The van der Waals surface area contributed by atoms with E-state index >= 15 is 0 Å². The van der Waals surface area contributed by atoms with Gasteiger partial charge in [0.2, 0.25) is 0 Å². The number of hydrogen-bond donors (Lipinski definition) is 3. The molecule has 1 aliphatic rings. The molecule has 2 heterocycles. The molecule has 0 fully saturated rings. The second-order valence-electron chi connectivity index (χ2n) is 6.97. The highest BCUT2D eigenvalue weighted by molar-refractivity contribution is 6.09. The van der Waals surface area contributed by atoms with E-state index in [1.807, 2.05) is 19.1 Å². The summed E-state index contributed by atoms with van der Waals surface area (Å²) in [6, 6.07) is 8.71. The summed E-state index contributed by atoms with van der Waals surface area (Å²) < 4.78 is 5.36. The molecule has 0 unspecified atom stereocenters. The minimum absolute atomic E-state index is 0.0355. The van der Waals surface area contributed by atoms with Gasteiger partial charge < -0.3 is 20.1 Å². The number of benzene rings is 2. The molecule has 27 heavy (non-hydrogen) atoms. The van der Waals surface area contributed by atoms with Gasteiger partial charge in [0.1, 0.15) is 17.1 Å². The predicted molar refractivity (Wildman–Crippen MR) is 103 cm³/mol. The van der Waals surface area contributed by atoms with Gasteiger partial charge in [-0.2, -0.15) is 5.10 Å². The molecule has 1 atom stereocenters. The zero-order chi connectivity index (χ0) is 19.3. The second kappa shape index (κ2) is 6.16. The van der Waals surface area contributed by atoms with Crippen molar-refractivity contribution in [1.82, 2.24) is 5.43 Å². The van der Waals surface area contributed by atoms with Crippen molar-refractivity contribution in [3.8, 4) is 11.5 Å². The van der Waals surface area contributed by atoms with Crippen LogP contribution in [0.2, 0.25) is 0 Å². The first-order valence-corrected chi connectivity index (χ1v) is 8.74. The Labute approximate surface area is 155 Å². The molecular weight excluding hydrogens is 344 g/mol. The lowest BCUT2D eigenvalue weighted by molar-refractivity contribution is 0.474. The molecular formula is C21H20N2O4. The van der Waals surface area contributed by atoms with Gasteiger partial charge in [-0.3, -0.25) is 0 Å². The number of rotatable bonds is 2. The van der Waals surface area contributed by atoms with Crippen LogP contribution in [0.15, 0.2) is 44.6 Å². The first-order chi connectivity index (χ1) is 12.9. The fraction of sp³-hybridized carbons (Fsp3) is 0.238. The van der Waals surface area contributed by atoms with E-state index in [1.54, 1.807) is 32.0 Å². The minimum Gasteiger partial charge on any atom is -0.508 e. The van der Waals surface area contributed by atoms with Crippen LogP contribution in [0, 0.1) is 20.8 Å². The summed E-state index contributed by atoms with van der Waals surface area (Å²) in [5.74, 6) is 0.300. The van der Waals surface area contributed by atoms with Crippen molar-refractivity contribution >= 4 is 16.7 Å². The maximum Gasteiger partial charge on any atom is 0.339 e. The molecule has 1 aliphatic heterocycles. The topological polar surface area (TPSA) is 95.1 Å². The standard InChI is InChI=1S/C21H20N2O4/c1-10-8-17-19(11(2)12(3)21(26)27-17)20(25)18(10)16-9-15(22-23-16)13-4-6-14(24)7-5-13/h4-8,15,22,24-25H,9H2,1-3H3/t15-/m0/s1. The molecule has 0 aliphatic carbocycles. The lowest BCUT2D eigenvalue weighted by Gasteiger charge is -2.14. The van der Waals surface area contributed by atoms with Crippen molar-refractivity contribution in [2.24, 2.45) is 5.10 Å². The second-order valence-corrected chi connectivity index (χ2v) is 6.97. The summed E-state index contributed by atoms with van der Waals surface area (Å²) >= 11 is 0. The molecule has 0 radical (unpaired) electrons. The Hall–Kier alpha value is -3.28. The van der Waals surface area contributed by atoms with Crippen LogP contribution >= 0.6 is 0 Å². The Kier molecular flexibility index (Phi) is 3.91. The monoisotopic (exact) mass is 364 g/mol. The van der Waals surface area contributed by atoms with Crippen LogP contribution in [0.5, 0.6) is 11.5 Å². The summed E-state index contributed by atoms with van der Waals surface area (Å²) in [4.78, 5) is 11.9. The molecule has 3 aromatic rings. The van der Waals surface area contributed by atoms with Crippen LogP contribution in [0.1, 0.15) is 40.3 Å². The zero-order valence-electron chi connectivity index (χ0n) is 15.3. The van der Waals surface area contributed by atoms with Gasteiger partial charge in [-0.25, -0.2) is 4.79 Å². The van der Waals surface area contributed by atoms with Crippen LogP contribution in [0.25, 0.3) is 11.0 Å². The smallest absolute Gasteiger partial charge is 0.339 e. The van der Waals surface area contributed by atoms with Gasteiger partial charge in [-0.15, -0.1) is 0 Å². The lowest BCUT2D eigenvalue weighted by Crippen LogP contribution is -2.10. The lowest BCUT2D eigenvalue weighted by atomic mass is 9.93. The van der Waals surface area contributed by atoms with Gasteiger partial charge in [-0.05, 0) is 55.7 Å². The third-order valence-electron chi connectivity index (χ3n) is 5.25. The van der Waals surface area contributed by atoms with Crippen LogP contribution < -0.4 is 11.1 Å². The number of nitrogens with one attached hydrogen (secondary N) is 1. The van der Waals surface area contributed by atoms with E-state index in [-0.39, 0.29) is 23.2 Å². The molecule has 0 saturated carbocycles. The Balaban J connectivity index is 1.78. The maximum atomic E-state index is 11.9. The van der Waals surface area contributed by atoms with Crippen molar-refractivity contribution in [3.05, 3.63) is 68.6 Å². The number of hydrazone groups is 1. The average molecular weight is 364 g/mol. The van der Waals surface area contributed by atoms with Crippen LogP contribution in [-0.2, 0) is 0 Å². The molecule has 0 spiro atoms. The van der Waals surface area contributed by atoms with E-state index in [4.69, 9.17) is 4.42 Å². The highest BCUT2D eigenvalue weighted by atomic mass is 16.4. The van der Waals surface area contributed by atoms with Gasteiger partial charge >= 0.3 is 5.63 Å². The van der Waals surface area contributed by atoms with Crippen molar-refractivity contribution in [2.75, 3.05) is 0 Å². The summed E-state index contributed by atoms with van der Waals surface area (Å²) in [6.45, 7) is 5.36. The quantitative estimate of drug-likeness (QED) is 0.604. The van der Waals surface area contributed by atoms with E-state index < -0.39 is 0 Å². The number of phenols is 2. The number of aryl methyl sites for hydroxylation is 2.